The summed E-state index contributed by atoms with van der Waals surface area (Å²) in [5, 5.41) is 9.05. The summed E-state index contributed by atoms with van der Waals surface area (Å²) < 4.78 is 11.4. The summed E-state index contributed by atoms with van der Waals surface area (Å²) in [6, 6.07) is 3.30. The third kappa shape index (κ3) is 3.29. The number of morpholine rings is 1. The first-order valence-corrected chi connectivity index (χ1v) is 6.82. The van der Waals surface area contributed by atoms with Gasteiger partial charge in [-0.15, -0.1) is 0 Å². The van der Waals surface area contributed by atoms with E-state index in [4.69, 9.17) is 14.6 Å². The highest BCUT2D eigenvalue weighted by atomic mass is 16.5. The monoisotopic (exact) mass is 279 g/mol. The molecular formula is C15H21NO4. The topological polar surface area (TPSA) is 59.0 Å². The summed E-state index contributed by atoms with van der Waals surface area (Å²) in [5.41, 5.74) is 2.00. The van der Waals surface area contributed by atoms with E-state index < -0.39 is 5.97 Å². The highest BCUT2D eigenvalue weighted by Crippen LogP contribution is 2.26. The van der Waals surface area contributed by atoms with Crippen molar-refractivity contribution in [1.29, 1.82) is 0 Å². The molecule has 0 spiro atoms. The minimum atomic E-state index is -0.913. The van der Waals surface area contributed by atoms with Gasteiger partial charge in [-0.2, -0.15) is 0 Å². The number of carbonyl (C=O) groups is 1. The summed E-state index contributed by atoms with van der Waals surface area (Å²) in [4.78, 5) is 13.2. The maximum Gasteiger partial charge on any atom is 0.335 e. The molecule has 5 heteroatoms. The van der Waals surface area contributed by atoms with Gasteiger partial charge >= 0.3 is 5.97 Å². The molecule has 1 N–H and O–H groups in total. The lowest BCUT2D eigenvalue weighted by molar-refractivity contribution is -0.0377. The maximum atomic E-state index is 11.0. The molecule has 20 heavy (non-hydrogen) atoms. The molecule has 1 aliphatic rings. The van der Waals surface area contributed by atoms with Crippen LogP contribution >= 0.6 is 0 Å². The molecule has 0 aliphatic carbocycles. The van der Waals surface area contributed by atoms with E-state index in [1.165, 1.54) is 0 Å². The quantitative estimate of drug-likeness (QED) is 0.914. The van der Waals surface area contributed by atoms with E-state index >= 15 is 0 Å². The first kappa shape index (κ1) is 14.8. The molecule has 0 aromatic heterocycles. The zero-order valence-electron chi connectivity index (χ0n) is 12.2. The fraction of sp³-hybridized carbons (Fsp3) is 0.533. The van der Waals surface area contributed by atoms with Crippen molar-refractivity contribution in [3.63, 3.8) is 0 Å². The number of aryl methyl sites for hydroxylation is 2. The Labute approximate surface area is 119 Å². The highest BCUT2D eigenvalue weighted by molar-refractivity contribution is 5.88. The molecule has 1 fully saturated rings. The van der Waals surface area contributed by atoms with Gasteiger partial charge in [-0.25, -0.2) is 4.79 Å². The van der Waals surface area contributed by atoms with Crippen molar-refractivity contribution in [1.82, 2.24) is 4.90 Å². The van der Waals surface area contributed by atoms with Crippen LogP contribution in [0, 0.1) is 13.8 Å². The Morgan fingerprint density at radius 3 is 2.35 bits per heavy atom. The van der Waals surface area contributed by atoms with Gasteiger partial charge in [0.2, 0.25) is 0 Å². The highest BCUT2D eigenvalue weighted by Gasteiger charge is 2.20. The number of nitrogens with zero attached hydrogens (tertiary/aromatic N) is 1. The summed E-state index contributed by atoms with van der Waals surface area (Å²) in [7, 11) is 0. The number of rotatable bonds is 4. The van der Waals surface area contributed by atoms with Crippen LogP contribution in [0.4, 0.5) is 0 Å². The predicted octanol–water partition coefficient (Wildman–Crippen LogP) is 2.06. The van der Waals surface area contributed by atoms with Crippen LogP contribution in [0.3, 0.4) is 0 Å². The lowest BCUT2D eigenvalue weighted by Gasteiger charge is -2.33. The molecule has 1 unspecified atom stereocenters. The van der Waals surface area contributed by atoms with Gasteiger partial charge in [0, 0.05) is 13.1 Å². The van der Waals surface area contributed by atoms with Gasteiger partial charge < -0.3 is 14.6 Å². The van der Waals surface area contributed by atoms with Crippen molar-refractivity contribution in [3.05, 3.63) is 28.8 Å². The Hall–Kier alpha value is -1.59. The standard InChI is InChI=1S/C15H21NO4/c1-10-8-13(15(17)18)9-11(2)14(10)20-12(3)16-4-6-19-7-5-16/h8-9,12H,4-7H2,1-3H3,(H,17,18). The number of ether oxygens (including phenoxy) is 2. The molecule has 1 saturated heterocycles. The summed E-state index contributed by atoms with van der Waals surface area (Å²) in [5.74, 6) is -0.141. The molecule has 110 valence electrons. The fourth-order valence-corrected chi connectivity index (χ4v) is 2.45. The zero-order valence-corrected chi connectivity index (χ0v) is 12.2. The van der Waals surface area contributed by atoms with Gasteiger partial charge in [0.05, 0.1) is 18.8 Å². The molecular weight excluding hydrogens is 258 g/mol. The SMILES string of the molecule is Cc1cc(C(=O)O)cc(C)c1OC(C)N1CCOCC1. The number of aromatic carboxylic acids is 1. The Balaban J connectivity index is 2.14. The van der Waals surface area contributed by atoms with Crippen molar-refractivity contribution in [2.45, 2.75) is 27.0 Å². The van der Waals surface area contributed by atoms with E-state index in [1.54, 1.807) is 12.1 Å². The van der Waals surface area contributed by atoms with E-state index in [2.05, 4.69) is 4.90 Å². The second kappa shape index (κ2) is 6.24. The molecule has 2 rings (SSSR count). The van der Waals surface area contributed by atoms with Crippen molar-refractivity contribution < 1.29 is 19.4 Å². The molecule has 1 aromatic carbocycles. The molecule has 0 bridgehead atoms. The normalized spacial score (nSPS) is 17.8. The Bertz CT molecular complexity index is 472. The van der Waals surface area contributed by atoms with Gasteiger partial charge in [-0.05, 0) is 44.0 Å². The second-order valence-corrected chi connectivity index (χ2v) is 5.11. The Morgan fingerprint density at radius 1 is 1.30 bits per heavy atom. The first-order valence-electron chi connectivity index (χ1n) is 6.82. The van der Waals surface area contributed by atoms with Crippen LogP contribution in [0.5, 0.6) is 5.75 Å². The zero-order chi connectivity index (χ0) is 14.7. The third-order valence-electron chi connectivity index (χ3n) is 3.56. The molecule has 1 aliphatic heterocycles. The van der Waals surface area contributed by atoms with Crippen LogP contribution in [-0.4, -0.2) is 48.5 Å². The molecule has 0 amide bonds. The van der Waals surface area contributed by atoms with E-state index in [0.29, 0.717) is 5.56 Å². The summed E-state index contributed by atoms with van der Waals surface area (Å²) >= 11 is 0. The largest absolute Gasteiger partial charge is 0.478 e. The molecule has 1 atom stereocenters. The van der Waals surface area contributed by atoms with E-state index in [-0.39, 0.29) is 6.23 Å². The third-order valence-corrected chi connectivity index (χ3v) is 3.56. The smallest absolute Gasteiger partial charge is 0.335 e. The summed E-state index contributed by atoms with van der Waals surface area (Å²) in [6.45, 7) is 8.92. The number of hydrogen-bond donors (Lipinski definition) is 1. The number of carboxylic acids is 1. The maximum absolute atomic E-state index is 11.0. The van der Waals surface area contributed by atoms with Crippen LogP contribution in [-0.2, 0) is 4.74 Å². The predicted molar refractivity (Wildman–Crippen MR) is 75.4 cm³/mol. The summed E-state index contributed by atoms with van der Waals surface area (Å²) in [6.07, 6.45) is -0.0491. The van der Waals surface area contributed by atoms with Crippen LogP contribution < -0.4 is 4.74 Å². The van der Waals surface area contributed by atoms with E-state index in [9.17, 15) is 4.79 Å². The fourth-order valence-electron chi connectivity index (χ4n) is 2.45. The van der Waals surface area contributed by atoms with Crippen molar-refractivity contribution in [2.75, 3.05) is 26.3 Å². The van der Waals surface area contributed by atoms with Crippen molar-refractivity contribution in [3.8, 4) is 5.75 Å². The van der Waals surface area contributed by atoms with E-state index in [0.717, 1.165) is 43.2 Å². The van der Waals surface area contributed by atoms with Gasteiger partial charge in [-0.1, -0.05) is 0 Å². The molecule has 0 radical (unpaired) electrons. The lowest BCUT2D eigenvalue weighted by atomic mass is 10.1. The van der Waals surface area contributed by atoms with Gasteiger partial charge in [0.1, 0.15) is 12.0 Å². The number of carboxylic acid groups (broad SMARTS) is 1. The molecule has 1 heterocycles. The van der Waals surface area contributed by atoms with Crippen molar-refractivity contribution in [2.24, 2.45) is 0 Å². The van der Waals surface area contributed by atoms with Crippen LogP contribution in [0.15, 0.2) is 12.1 Å². The second-order valence-electron chi connectivity index (χ2n) is 5.11. The van der Waals surface area contributed by atoms with Crippen LogP contribution in [0.25, 0.3) is 0 Å². The van der Waals surface area contributed by atoms with Crippen molar-refractivity contribution >= 4 is 5.97 Å². The Kier molecular flexibility index (Phi) is 4.62. The minimum Gasteiger partial charge on any atom is -0.478 e. The molecule has 1 aromatic rings. The average molecular weight is 279 g/mol. The minimum absolute atomic E-state index is 0.0491. The molecule has 0 saturated carbocycles. The van der Waals surface area contributed by atoms with Crippen LogP contribution in [0.1, 0.15) is 28.4 Å². The number of hydrogen-bond acceptors (Lipinski definition) is 4. The first-order chi connectivity index (χ1) is 9.49. The Morgan fingerprint density at radius 2 is 1.85 bits per heavy atom. The van der Waals surface area contributed by atoms with Gasteiger partial charge in [0.25, 0.3) is 0 Å². The average Bonchev–Trinajstić information content (AvgIpc) is 2.43. The van der Waals surface area contributed by atoms with E-state index in [1.807, 2.05) is 20.8 Å². The molecule has 5 nitrogen and oxygen atoms in total. The lowest BCUT2D eigenvalue weighted by Crippen LogP contribution is -2.44. The van der Waals surface area contributed by atoms with Gasteiger partial charge in [-0.3, -0.25) is 4.90 Å². The van der Waals surface area contributed by atoms with Gasteiger partial charge in [0.15, 0.2) is 0 Å². The number of benzene rings is 1. The van der Waals surface area contributed by atoms with Crippen LogP contribution in [0.2, 0.25) is 0 Å².